The van der Waals surface area contributed by atoms with Gasteiger partial charge in [0.1, 0.15) is 22.9 Å². The minimum absolute atomic E-state index is 0.0857. The van der Waals surface area contributed by atoms with Crippen LogP contribution in [0.25, 0.3) is 0 Å². The number of ether oxygens (including phenoxy) is 1. The normalized spacial score (nSPS) is 20.9. The molecule has 0 spiro atoms. The third-order valence-corrected chi connectivity index (χ3v) is 7.83. The Hall–Kier alpha value is -2.04. The molecule has 31 heavy (non-hydrogen) atoms. The van der Waals surface area contributed by atoms with Crippen molar-refractivity contribution < 1.29 is 40.3 Å². The molecule has 1 aliphatic heterocycles. The molecule has 0 unspecified atom stereocenters. The van der Waals surface area contributed by atoms with E-state index in [4.69, 9.17) is 4.74 Å². The highest BCUT2D eigenvalue weighted by Gasteiger charge is 2.50. The Labute approximate surface area is 177 Å². The Kier molecular flexibility index (Phi) is 6.20. The standard InChI is InChI=1S/C20H23F4NO5S/c1-2-13(26)7-18(11-31(28,29)12-18)8-16(27)15-6-17(30-10-20(22,23)24)14(9-25-15)19(21)4-3-5-19/h6,9H,2-5,7-8,10-12H2,1H3. The summed E-state index contributed by atoms with van der Waals surface area (Å²) in [7, 11) is -3.35. The molecule has 1 saturated heterocycles. The fourth-order valence-corrected chi connectivity index (χ4v) is 6.28. The minimum Gasteiger partial charge on any atom is -0.484 e. The van der Waals surface area contributed by atoms with E-state index in [-0.39, 0.29) is 60.7 Å². The Balaban J connectivity index is 1.85. The van der Waals surface area contributed by atoms with Crippen LogP contribution in [0, 0.1) is 5.41 Å². The Morgan fingerprint density at radius 2 is 1.84 bits per heavy atom. The van der Waals surface area contributed by atoms with Crippen LogP contribution in [-0.4, -0.2) is 49.3 Å². The third-order valence-electron chi connectivity index (χ3n) is 5.73. The summed E-state index contributed by atoms with van der Waals surface area (Å²) in [6.45, 7) is -0.0241. The zero-order chi connectivity index (χ0) is 23.1. The van der Waals surface area contributed by atoms with Crippen molar-refractivity contribution in [3.05, 3.63) is 23.5 Å². The maximum Gasteiger partial charge on any atom is 0.422 e. The first-order chi connectivity index (χ1) is 14.3. The van der Waals surface area contributed by atoms with E-state index in [1.54, 1.807) is 6.92 Å². The molecule has 1 saturated carbocycles. The first-order valence-electron chi connectivity index (χ1n) is 9.91. The van der Waals surface area contributed by atoms with Crippen LogP contribution < -0.4 is 4.74 Å². The number of nitrogens with zero attached hydrogens (tertiary/aromatic N) is 1. The highest BCUT2D eigenvalue weighted by Crippen LogP contribution is 2.48. The van der Waals surface area contributed by atoms with Gasteiger partial charge in [-0.1, -0.05) is 6.92 Å². The number of aromatic nitrogens is 1. The van der Waals surface area contributed by atoms with Crippen LogP contribution in [0.5, 0.6) is 5.75 Å². The van der Waals surface area contributed by atoms with Gasteiger partial charge in [-0.2, -0.15) is 13.2 Å². The molecule has 0 amide bonds. The summed E-state index contributed by atoms with van der Waals surface area (Å²) in [4.78, 5) is 28.6. The SMILES string of the molecule is CCC(=O)CC1(CC(=O)c2cc(OCC(F)(F)F)c(C3(F)CCC3)cn2)CS(=O)(=O)C1. The maximum atomic E-state index is 14.9. The highest BCUT2D eigenvalue weighted by atomic mass is 32.2. The average Bonchev–Trinajstić information content (AvgIpc) is 2.61. The van der Waals surface area contributed by atoms with Crippen LogP contribution >= 0.6 is 0 Å². The van der Waals surface area contributed by atoms with Crippen LogP contribution in [0.1, 0.15) is 61.5 Å². The smallest absolute Gasteiger partial charge is 0.422 e. The van der Waals surface area contributed by atoms with Crippen molar-refractivity contribution in [2.24, 2.45) is 5.41 Å². The fourth-order valence-electron chi connectivity index (χ4n) is 4.09. The molecular formula is C20H23F4NO5S. The van der Waals surface area contributed by atoms with E-state index in [1.807, 2.05) is 0 Å². The number of rotatable bonds is 9. The average molecular weight is 465 g/mol. The molecule has 0 N–H and O–H groups in total. The van der Waals surface area contributed by atoms with Gasteiger partial charge in [-0.15, -0.1) is 0 Å². The lowest BCUT2D eigenvalue weighted by molar-refractivity contribution is -0.154. The summed E-state index contributed by atoms with van der Waals surface area (Å²) in [6.07, 6.45) is -3.04. The van der Waals surface area contributed by atoms with Gasteiger partial charge in [-0.25, -0.2) is 12.8 Å². The van der Waals surface area contributed by atoms with E-state index < -0.39 is 45.2 Å². The van der Waals surface area contributed by atoms with E-state index in [0.29, 0.717) is 6.42 Å². The Morgan fingerprint density at radius 3 is 2.32 bits per heavy atom. The number of alkyl halides is 4. The number of ketones is 2. The van der Waals surface area contributed by atoms with Crippen LogP contribution in [-0.2, 0) is 20.3 Å². The van der Waals surface area contributed by atoms with Crippen LogP contribution in [0.3, 0.4) is 0 Å². The quantitative estimate of drug-likeness (QED) is 0.408. The van der Waals surface area contributed by atoms with E-state index in [0.717, 1.165) is 12.3 Å². The molecule has 1 aromatic heterocycles. The second-order valence-corrected chi connectivity index (χ2v) is 10.6. The van der Waals surface area contributed by atoms with Gasteiger partial charge in [0.15, 0.2) is 22.2 Å². The molecule has 2 aliphatic rings. The summed E-state index contributed by atoms with van der Waals surface area (Å²) in [5, 5.41) is 0. The molecular weight excluding hydrogens is 442 g/mol. The summed E-state index contributed by atoms with van der Waals surface area (Å²) >= 11 is 0. The molecule has 1 aromatic rings. The van der Waals surface area contributed by atoms with Gasteiger partial charge in [0, 0.05) is 42.5 Å². The summed E-state index contributed by atoms with van der Waals surface area (Å²) in [6, 6.07) is 0.978. The van der Waals surface area contributed by atoms with E-state index in [9.17, 15) is 35.6 Å². The fraction of sp³-hybridized carbons (Fsp3) is 0.650. The minimum atomic E-state index is -4.65. The number of hydrogen-bond donors (Lipinski definition) is 0. The van der Waals surface area contributed by atoms with Gasteiger partial charge in [0.2, 0.25) is 0 Å². The highest BCUT2D eigenvalue weighted by molar-refractivity contribution is 7.92. The van der Waals surface area contributed by atoms with Crippen LogP contribution in [0.4, 0.5) is 17.6 Å². The predicted molar refractivity (Wildman–Crippen MR) is 102 cm³/mol. The van der Waals surface area contributed by atoms with Crippen molar-refractivity contribution in [2.75, 3.05) is 18.1 Å². The largest absolute Gasteiger partial charge is 0.484 e. The second kappa shape index (κ2) is 8.14. The van der Waals surface area contributed by atoms with Crippen molar-refractivity contribution in [2.45, 2.75) is 57.3 Å². The van der Waals surface area contributed by atoms with Crippen LogP contribution in [0.15, 0.2) is 12.3 Å². The molecule has 2 fully saturated rings. The van der Waals surface area contributed by atoms with Crippen LogP contribution in [0.2, 0.25) is 0 Å². The van der Waals surface area contributed by atoms with Gasteiger partial charge < -0.3 is 4.74 Å². The second-order valence-electron chi connectivity index (χ2n) is 8.49. The van der Waals surface area contributed by atoms with Gasteiger partial charge >= 0.3 is 6.18 Å². The monoisotopic (exact) mass is 465 g/mol. The molecule has 0 bridgehead atoms. The Bertz CT molecular complexity index is 974. The van der Waals surface area contributed by atoms with Gasteiger partial charge in [0.25, 0.3) is 0 Å². The number of pyridine rings is 1. The molecule has 1 aliphatic carbocycles. The molecule has 0 radical (unpaired) electrons. The van der Waals surface area contributed by atoms with Gasteiger partial charge in [-0.3, -0.25) is 14.6 Å². The molecule has 2 heterocycles. The molecule has 11 heteroatoms. The zero-order valence-electron chi connectivity index (χ0n) is 16.9. The maximum absolute atomic E-state index is 14.9. The van der Waals surface area contributed by atoms with Crippen molar-refractivity contribution in [3.63, 3.8) is 0 Å². The lowest BCUT2D eigenvalue weighted by atomic mass is 9.76. The summed E-state index contributed by atoms with van der Waals surface area (Å²) in [5.74, 6) is -1.87. The number of carbonyl (C=O) groups excluding carboxylic acids is 2. The van der Waals surface area contributed by atoms with Crippen molar-refractivity contribution in [1.82, 2.24) is 4.98 Å². The van der Waals surface area contributed by atoms with Gasteiger partial charge in [0.05, 0.1) is 11.5 Å². The predicted octanol–water partition coefficient (Wildman–Crippen LogP) is 3.73. The summed E-state index contributed by atoms with van der Waals surface area (Å²) in [5.41, 5.74) is -3.30. The van der Waals surface area contributed by atoms with Gasteiger partial charge in [-0.05, 0) is 19.3 Å². The van der Waals surface area contributed by atoms with Crippen molar-refractivity contribution >= 4 is 21.4 Å². The first-order valence-corrected chi connectivity index (χ1v) is 11.7. The lowest BCUT2D eigenvalue weighted by Gasteiger charge is -2.40. The van der Waals surface area contributed by atoms with Crippen molar-refractivity contribution in [3.8, 4) is 5.75 Å². The summed E-state index contributed by atoms with van der Waals surface area (Å²) < 4.78 is 81.0. The molecule has 0 aromatic carbocycles. The first kappa shape index (κ1) is 23.6. The number of sulfone groups is 1. The Morgan fingerprint density at radius 1 is 1.19 bits per heavy atom. The van der Waals surface area contributed by atoms with Crippen molar-refractivity contribution in [1.29, 1.82) is 0 Å². The zero-order valence-corrected chi connectivity index (χ0v) is 17.7. The molecule has 0 atom stereocenters. The third kappa shape index (κ3) is 5.42. The van der Waals surface area contributed by atoms with E-state index >= 15 is 0 Å². The van der Waals surface area contributed by atoms with E-state index in [1.165, 1.54) is 0 Å². The number of carbonyl (C=O) groups is 2. The lowest BCUT2D eigenvalue weighted by Crippen LogP contribution is -2.50. The topological polar surface area (TPSA) is 90.4 Å². The number of hydrogen-bond acceptors (Lipinski definition) is 6. The molecule has 172 valence electrons. The van der Waals surface area contributed by atoms with E-state index in [2.05, 4.69) is 4.98 Å². The molecule has 6 nitrogen and oxygen atoms in total. The number of halogens is 4. The molecule has 3 rings (SSSR count). The number of Topliss-reactive ketones (excluding diaryl/α,β-unsaturated/α-hetero) is 2.